The number of nitrogens with one attached hydrogen (secondary N) is 2. The summed E-state index contributed by atoms with van der Waals surface area (Å²) in [7, 11) is 0. The van der Waals surface area contributed by atoms with Crippen molar-refractivity contribution in [2.75, 3.05) is 25.4 Å². The Hall–Kier alpha value is -1.61. The summed E-state index contributed by atoms with van der Waals surface area (Å²) in [6, 6.07) is -0.300. The lowest BCUT2D eigenvalue weighted by Gasteiger charge is -2.13. The molecule has 2 N–H and O–H groups in total. The molecule has 7 nitrogen and oxygen atoms in total. The first-order valence-electron chi connectivity index (χ1n) is 6.89. The highest BCUT2D eigenvalue weighted by atomic mass is 32.2. The maximum atomic E-state index is 11.6. The number of carbonyl (C=O) groups excluding carboxylic acids is 3. The van der Waals surface area contributed by atoms with Gasteiger partial charge in [0.2, 0.25) is 5.91 Å². The predicted octanol–water partition coefficient (Wildman–Crippen LogP) is 1.30. The quantitative estimate of drug-likeness (QED) is 0.813. The van der Waals surface area contributed by atoms with E-state index in [1.165, 1.54) is 4.88 Å². The summed E-state index contributed by atoms with van der Waals surface area (Å²) in [5, 5.41) is 6.17. The van der Waals surface area contributed by atoms with E-state index in [0.717, 1.165) is 33.8 Å². The lowest BCUT2D eigenvalue weighted by Crippen LogP contribution is -2.42. The molecular weight excluding hydrogens is 324 g/mol. The molecule has 0 radical (unpaired) electrons. The third-order valence-corrected chi connectivity index (χ3v) is 5.09. The van der Waals surface area contributed by atoms with Gasteiger partial charge in [-0.2, -0.15) is 0 Å². The minimum atomic E-state index is -0.300. The van der Waals surface area contributed by atoms with Crippen molar-refractivity contribution in [3.8, 4) is 0 Å². The molecule has 0 atom stereocenters. The van der Waals surface area contributed by atoms with Crippen molar-refractivity contribution in [1.82, 2.24) is 20.5 Å². The number of thiazole rings is 1. The Morgan fingerprint density at radius 2 is 2.00 bits per heavy atom. The van der Waals surface area contributed by atoms with Crippen LogP contribution in [-0.2, 0) is 11.2 Å². The Kier molecular flexibility index (Phi) is 5.78. The largest absolute Gasteiger partial charge is 0.338 e. The number of imide groups is 1. The van der Waals surface area contributed by atoms with Crippen LogP contribution >= 0.6 is 23.1 Å². The molecule has 1 aliphatic rings. The van der Waals surface area contributed by atoms with E-state index < -0.39 is 0 Å². The summed E-state index contributed by atoms with van der Waals surface area (Å²) >= 11 is 2.63. The molecule has 1 fully saturated rings. The number of urea groups is 1. The van der Waals surface area contributed by atoms with E-state index >= 15 is 0 Å². The summed E-state index contributed by atoms with van der Waals surface area (Å²) < 4.78 is 0. The zero-order chi connectivity index (χ0) is 16.1. The molecule has 1 aromatic heterocycles. The van der Waals surface area contributed by atoms with Crippen molar-refractivity contribution < 1.29 is 14.4 Å². The molecule has 0 spiro atoms. The van der Waals surface area contributed by atoms with E-state index in [9.17, 15) is 14.4 Å². The standard InChI is InChI=1S/C13H18N4O3S2/c1-8-10(22-9(2)16-8)3-4-14-12(19)15-5-6-17-11(18)7-21-13(17)20/h3-7H2,1-2H3,(H2,14,15,19). The zero-order valence-corrected chi connectivity index (χ0v) is 14.1. The summed E-state index contributed by atoms with van der Waals surface area (Å²) in [5.41, 5.74) is 1.01. The van der Waals surface area contributed by atoms with Gasteiger partial charge in [0.15, 0.2) is 0 Å². The van der Waals surface area contributed by atoms with Gasteiger partial charge in [-0.1, -0.05) is 11.8 Å². The van der Waals surface area contributed by atoms with Crippen LogP contribution < -0.4 is 10.6 Å². The van der Waals surface area contributed by atoms with Gasteiger partial charge < -0.3 is 10.6 Å². The average molecular weight is 342 g/mol. The molecule has 1 aromatic rings. The van der Waals surface area contributed by atoms with Gasteiger partial charge >= 0.3 is 6.03 Å². The van der Waals surface area contributed by atoms with Crippen LogP contribution in [0.25, 0.3) is 0 Å². The number of rotatable bonds is 6. The van der Waals surface area contributed by atoms with Crippen LogP contribution in [-0.4, -0.2) is 52.4 Å². The molecule has 2 heterocycles. The first-order valence-corrected chi connectivity index (χ1v) is 8.69. The first kappa shape index (κ1) is 16.8. The van der Waals surface area contributed by atoms with Gasteiger partial charge in [-0.15, -0.1) is 11.3 Å². The van der Waals surface area contributed by atoms with Crippen molar-refractivity contribution in [3.05, 3.63) is 15.6 Å². The van der Waals surface area contributed by atoms with Crippen LogP contribution in [0.4, 0.5) is 9.59 Å². The van der Waals surface area contributed by atoms with Crippen molar-refractivity contribution >= 4 is 40.3 Å². The molecule has 120 valence electrons. The number of hydrogen-bond acceptors (Lipinski definition) is 6. The van der Waals surface area contributed by atoms with Gasteiger partial charge in [0.25, 0.3) is 5.24 Å². The predicted molar refractivity (Wildman–Crippen MR) is 86.3 cm³/mol. The van der Waals surface area contributed by atoms with Crippen LogP contribution in [0.2, 0.25) is 0 Å². The second-order valence-electron chi connectivity index (χ2n) is 4.77. The second-order valence-corrected chi connectivity index (χ2v) is 6.99. The van der Waals surface area contributed by atoms with E-state index in [0.29, 0.717) is 6.54 Å². The lowest BCUT2D eigenvalue weighted by atomic mass is 10.3. The molecule has 1 saturated heterocycles. The molecule has 22 heavy (non-hydrogen) atoms. The van der Waals surface area contributed by atoms with E-state index in [4.69, 9.17) is 0 Å². The van der Waals surface area contributed by atoms with Crippen LogP contribution in [0, 0.1) is 13.8 Å². The van der Waals surface area contributed by atoms with Gasteiger partial charge in [0, 0.05) is 30.9 Å². The fourth-order valence-corrected chi connectivity index (χ4v) is 3.72. The lowest BCUT2D eigenvalue weighted by molar-refractivity contribution is -0.124. The fourth-order valence-electron chi connectivity index (χ4n) is 2.04. The number of nitrogens with zero attached hydrogens (tertiary/aromatic N) is 2. The van der Waals surface area contributed by atoms with E-state index in [2.05, 4.69) is 15.6 Å². The minimum absolute atomic E-state index is 0.193. The van der Waals surface area contributed by atoms with Crippen molar-refractivity contribution in [3.63, 3.8) is 0 Å². The Balaban J connectivity index is 1.63. The molecule has 0 bridgehead atoms. The Morgan fingerprint density at radius 3 is 2.59 bits per heavy atom. The van der Waals surface area contributed by atoms with Gasteiger partial charge in [0.05, 0.1) is 16.5 Å². The molecule has 2 rings (SSSR count). The number of thioether (sulfide) groups is 1. The topological polar surface area (TPSA) is 91.4 Å². The molecule has 9 heteroatoms. The van der Waals surface area contributed by atoms with Crippen molar-refractivity contribution in [2.45, 2.75) is 20.3 Å². The Labute approximate surface area is 136 Å². The second kappa shape index (κ2) is 7.59. The number of aromatic nitrogens is 1. The number of amides is 4. The third-order valence-electron chi connectivity index (χ3n) is 3.10. The highest BCUT2D eigenvalue weighted by molar-refractivity contribution is 8.14. The Morgan fingerprint density at radius 1 is 1.27 bits per heavy atom. The van der Waals surface area contributed by atoms with E-state index in [-0.39, 0.29) is 36.0 Å². The van der Waals surface area contributed by atoms with E-state index in [1.54, 1.807) is 11.3 Å². The summed E-state index contributed by atoms with van der Waals surface area (Å²) in [6.07, 6.45) is 0.741. The molecule has 0 unspecified atom stereocenters. The zero-order valence-electron chi connectivity index (χ0n) is 12.5. The fraction of sp³-hybridized carbons (Fsp3) is 0.538. The Bertz CT molecular complexity index is 572. The smallest absolute Gasteiger partial charge is 0.314 e. The third kappa shape index (κ3) is 4.44. The van der Waals surface area contributed by atoms with Crippen LogP contribution in [0.3, 0.4) is 0 Å². The molecule has 0 aromatic carbocycles. The molecule has 1 aliphatic heterocycles. The minimum Gasteiger partial charge on any atom is -0.338 e. The van der Waals surface area contributed by atoms with Gasteiger partial charge in [-0.3, -0.25) is 14.5 Å². The monoisotopic (exact) mass is 342 g/mol. The highest BCUT2D eigenvalue weighted by Gasteiger charge is 2.29. The van der Waals surface area contributed by atoms with Crippen LogP contribution in [0.15, 0.2) is 0 Å². The molecule has 0 saturated carbocycles. The van der Waals surface area contributed by atoms with E-state index in [1.807, 2.05) is 13.8 Å². The molecule has 0 aliphatic carbocycles. The molecule has 4 amide bonds. The number of aryl methyl sites for hydroxylation is 2. The summed E-state index contributed by atoms with van der Waals surface area (Å²) in [5.74, 6) is -0.00759. The number of hydrogen-bond donors (Lipinski definition) is 2. The normalized spacial score (nSPS) is 14.5. The van der Waals surface area contributed by atoms with Gasteiger partial charge in [0.1, 0.15) is 0 Å². The summed E-state index contributed by atoms with van der Waals surface area (Å²) in [6.45, 7) is 4.90. The van der Waals surface area contributed by atoms with Gasteiger partial charge in [-0.05, 0) is 13.8 Å². The first-order chi connectivity index (χ1) is 10.5. The van der Waals surface area contributed by atoms with Crippen molar-refractivity contribution in [1.29, 1.82) is 0 Å². The van der Waals surface area contributed by atoms with Crippen LogP contribution in [0.5, 0.6) is 0 Å². The SMILES string of the molecule is Cc1nc(C)c(CCNC(=O)NCCN2C(=O)CSC2=O)s1. The maximum Gasteiger partial charge on any atom is 0.314 e. The summed E-state index contributed by atoms with van der Waals surface area (Å²) in [4.78, 5) is 41.0. The van der Waals surface area contributed by atoms with Crippen molar-refractivity contribution in [2.24, 2.45) is 0 Å². The highest BCUT2D eigenvalue weighted by Crippen LogP contribution is 2.18. The molecular formula is C13H18N4O3S2. The van der Waals surface area contributed by atoms with Gasteiger partial charge in [-0.25, -0.2) is 9.78 Å². The maximum absolute atomic E-state index is 11.6. The average Bonchev–Trinajstić information content (AvgIpc) is 2.94. The van der Waals surface area contributed by atoms with Crippen LogP contribution in [0.1, 0.15) is 15.6 Å². The number of carbonyl (C=O) groups is 3.